The molecule has 0 radical (unpaired) electrons. The minimum absolute atomic E-state index is 0.274. The smallest absolute Gasteiger partial charge is 0.286 e. The fourth-order valence-corrected chi connectivity index (χ4v) is 2.50. The highest BCUT2D eigenvalue weighted by Crippen LogP contribution is 2.26. The molecule has 18 heavy (non-hydrogen) atoms. The number of carbonyl (C=O) groups excluding carboxylic acids is 3. The summed E-state index contributed by atoms with van der Waals surface area (Å²) in [7, 11) is 0. The van der Waals surface area contributed by atoms with Gasteiger partial charge in [-0.15, -0.1) is 0 Å². The normalized spacial score (nSPS) is 20.4. The Morgan fingerprint density at radius 1 is 1.33 bits per heavy atom. The van der Waals surface area contributed by atoms with Crippen molar-refractivity contribution < 1.29 is 14.4 Å². The zero-order chi connectivity index (χ0) is 13.1. The second-order valence-corrected chi connectivity index (χ2v) is 5.07. The lowest BCUT2D eigenvalue weighted by Gasteiger charge is -2.15. The Kier molecular flexibility index (Phi) is 3.66. The molecule has 0 saturated carbocycles. The largest absolute Gasteiger partial charge is 0.326 e. The number of anilines is 1. The molecule has 1 aromatic carbocycles. The highest BCUT2D eigenvalue weighted by molar-refractivity contribution is 8.15. The van der Waals surface area contributed by atoms with Gasteiger partial charge in [0, 0.05) is 5.69 Å². The summed E-state index contributed by atoms with van der Waals surface area (Å²) in [6, 6.07) is 8.98. The lowest BCUT2D eigenvalue weighted by atomic mass is 10.1. The minimum atomic E-state index is -0.652. The predicted molar refractivity (Wildman–Crippen MR) is 69.2 cm³/mol. The van der Waals surface area contributed by atoms with E-state index >= 15 is 0 Å². The summed E-state index contributed by atoms with van der Waals surface area (Å²) in [5.41, 5.74) is 0.670. The Morgan fingerprint density at radius 3 is 2.56 bits per heavy atom. The summed E-state index contributed by atoms with van der Waals surface area (Å²) >= 11 is 0.860. The number of rotatable bonds is 3. The number of nitrogens with one attached hydrogen (secondary N) is 2. The van der Waals surface area contributed by atoms with Crippen molar-refractivity contribution in [2.75, 3.05) is 5.32 Å². The van der Waals surface area contributed by atoms with Crippen molar-refractivity contribution >= 4 is 34.5 Å². The van der Waals surface area contributed by atoms with Crippen LogP contribution >= 0.6 is 11.8 Å². The van der Waals surface area contributed by atoms with E-state index in [-0.39, 0.29) is 5.91 Å². The zero-order valence-corrected chi connectivity index (χ0v) is 10.5. The molecule has 2 N–H and O–H groups in total. The molecule has 0 bridgehead atoms. The maximum atomic E-state index is 11.9. The van der Waals surface area contributed by atoms with Crippen LogP contribution in [-0.2, 0) is 9.59 Å². The van der Waals surface area contributed by atoms with E-state index < -0.39 is 22.3 Å². The van der Waals surface area contributed by atoms with Gasteiger partial charge in [0.25, 0.3) is 5.24 Å². The van der Waals surface area contributed by atoms with Crippen LogP contribution in [-0.4, -0.2) is 22.3 Å². The lowest BCUT2D eigenvalue weighted by Crippen LogP contribution is -2.35. The van der Waals surface area contributed by atoms with Crippen LogP contribution in [0.2, 0.25) is 0 Å². The third-order valence-corrected chi connectivity index (χ3v) is 3.82. The van der Waals surface area contributed by atoms with Crippen molar-refractivity contribution in [1.29, 1.82) is 0 Å². The second-order valence-electron chi connectivity index (χ2n) is 3.96. The van der Waals surface area contributed by atoms with Crippen LogP contribution in [0.5, 0.6) is 0 Å². The van der Waals surface area contributed by atoms with E-state index in [9.17, 15) is 14.4 Å². The molecule has 1 aromatic rings. The van der Waals surface area contributed by atoms with Crippen molar-refractivity contribution in [3.8, 4) is 0 Å². The van der Waals surface area contributed by atoms with Crippen molar-refractivity contribution in [3.63, 3.8) is 0 Å². The molecular formula is C12H12N2O3S. The molecule has 2 unspecified atom stereocenters. The first-order chi connectivity index (χ1) is 8.58. The van der Waals surface area contributed by atoms with Gasteiger partial charge in [0.05, 0.1) is 5.92 Å². The highest BCUT2D eigenvalue weighted by atomic mass is 32.2. The number of amides is 3. The molecule has 1 saturated heterocycles. The van der Waals surface area contributed by atoms with Gasteiger partial charge in [0.15, 0.2) is 0 Å². The number of imide groups is 1. The highest BCUT2D eigenvalue weighted by Gasteiger charge is 2.38. The molecular weight excluding hydrogens is 252 g/mol. The molecule has 1 fully saturated rings. The monoisotopic (exact) mass is 264 g/mol. The number of hydrogen-bond acceptors (Lipinski definition) is 4. The summed E-state index contributed by atoms with van der Waals surface area (Å²) in [5.74, 6) is -1.24. The molecule has 6 heteroatoms. The molecule has 1 aliphatic heterocycles. The summed E-state index contributed by atoms with van der Waals surface area (Å²) in [4.78, 5) is 34.4. The molecule has 0 spiro atoms. The van der Waals surface area contributed by atoms with E-state index in [1.165, 1.54) is 0 Å². The van der Waals surface area contributed by atoms with Crippen molar-refractivity contribution in [2.45, 2.75) is 12.2 Å². The fraction of sp³-hybridized carbons (Fsp3) is 0.250. The summed E-state index contributed by atoms with van der Waals surface area (Å²) in [6.07, 6.45) is 0. The van der Waals surface area contributed by atoms with Gasteiger partial charge in [-0.3, -0.25) is 19.7 Å². The topological polar surface area (TPSA) is 75.3 Å². The average molecular weight is 264 g/mol. The number of benzene rings is 1. The Morgan fingerprint density at radius 2 is 2.00 bits per heavy atom. The Labute approximate surface area is 108 Å². The summed E-state index contributed by atoms with van der Waals surface area (Å²) in [6.45, 7) is 1.63. The van der Waals surface area contributed by atoms with E-state index in [0.29, 0.717) is 5.69 Å². The molecule has 0 aromatic heterocycles. The Balaban J connectivity index is 2.01. The van der Waals surface area contributed by atoms with Gasteiger partial charge in [0.1, 0.15) is 5.25 Å². The van der Waals surface area contributed by atoms with E-state index in [4.69, 9.17) is 0 Å². The zero-order valence-electron chi connectivity index (χ0n) is 9.67. The van der Waals surface area contributed by atoms with Gasteiger partial charge in [0.2, 0.25) is 11.8 Å². The fourth-order valence-electron chi connectivity index (χ4n) is 1.61. The Hall–Kier alpha value is -1.82. The Bertz CT molecular complexity index is 489. The van der Waals surface area contributed by atoms with Crippen LogP contribution in [0.3, 0.4) is 0 Å². The van der Waals surface area contributed by atoms with Crippen LogP contribution in [0.1, 0.15) is 6.92 Å². The third kappa shape index (κ3) is 2.70. The molecule has 94 valence electrons. The predicted octanol–water partition coefficient (Wildman–Crippen LogP) is 1.61. The maximum absolute atomic E-state index is 11.9. The standard InChI is InChI=1S/C12H12N2O3S/c1-7(9-11(16)14-12(17)18-9)10(15)13-8-5-3-2-4-6-8/h2-7,9H,1H3,(H,13,15)(H,14,16,17). The number of hydrogen-bond donors (Lipinski definition) is 2. The van der Waals surface area contributed by atoms with Crippen LogP contribution in [0.15, 0.2) is 30.3 Å². The maximum Gasteiger partial charge on any atom is 0.286 e. The van der Waals surface area contributed by atoms with Gasteiger partial charge < -0.3 is 5.32 Å². The van der Waals surface area contributed by atoms with Gasteiger partial charge >= 0.3 is 0 Å². The first-order valence-corrected chi connectivity index (χ1v) is 6.33. The molecule has 2 rings (SSSR count). The van der Waals surface area contributed by atoms with E-state index in [1.807, 2.05) is 6.07 Å². The summed E-state index contributed by atoms with van der Waals surface area (Å²) in [5, 5.41) is 3.83. The van der Waals surface area contributed by atoms with Crippen molar-refractivity contribution in [2.24, 2.45) is 5.92 Å². The second kappa shape index (κ2) is 5.22. The quantitative estimate of drug-likeness (QED) is 0.869. The first-order valence-electron chi connectivity index (χ1n) is 5.45. The van der Waals surface area contributed by atoms with Crippen LogP contribution in [0, 0.1) is 5.92 Å². The molecule has 1 heterocycles. The average Bonchev–Trinajstić information content (AvgIpc) is 2.68. The summed E-state index contributed by atoms with van der Waals surface area (Å²) < 4.78 is 0. The lowest BCUT2D eigenvalue weighted by molar-refractivity contribution is -0.125. The minimum Gasteiger partial charge on any atom is -0.326 e. The SMILES string of the molecule is CC(C(=O)Nc1ccccc1)C1SC(=O)NC1=O. The van der Waals surface area contributed by atoms with Gasteiger partial charge in [-0.05, 0) is 12.1 Å². The number of carbonyl (C=O) groups is 3. The first kappa shape index (κ1) is 12.6. The molecule has 3 amide bonds. The van der Waals surface area contributed by atoms with Gasteiger partial charge in [-0.2, -0.15) is 0 Å². The van der Waals surface area contributed by atoms with Gasteiger partial charge in [-0.25, -0.2) is 0 Å². The van der Waals surface area contributed by atoms with Crippen molar-refractivity contribution in [3.05, 3.63) is 30.3 Å². The molecule has 2 atom stereocenters. The molecule has 1 aliphatic rings. The third-order valence-electron chi connectivity index (χ3n) is 2.63. The number of para-hydroxylation sites is 1. The molecule has 5 nitrogen and oxygen atoms in total. The van der Waals surface area contributed by atoms with Crippen molar-refractivity contribution in [1.82, 2.24) is 5.32 Å². The van der Waals surface area contributed by atoms with E-state index in [2.05, 4.69) is 10.6 Å². The van der Waals surface area contributed by atoms with E-state index in [0.717, 1.165) is 11.8 Å². The molecule has 0 aliphatic carbocycles. The van der Waals surface area contributed by atoms with Gasteiger partial charge in [-0.1, -0.05) is 36.9 Å². The van der Waals surface area contributed by atoms with Crippen LogP contribution in [0.25, 0.3) is 0 Å². The van der Waals surface area contributed by atoms with Crippen LogP contribution < -0.4 is 10.6 Å². The number of thioether (sulfide) groups is 1. The van der Waals surface area contributed by atoms with Crippen LogP contribution in [0.4, 0.5) is 10.5 Å². The van der Waals surface area contributed by atoms with E-state index in [1.54, 1.807) is 31.2 Å².